The number of piperazine rings is 1. The lowest BCUT2D eigenvalue weighted by Gasteiger charge is -2.35. The fourth-order valence-electron chi connectivity index (χ4n) is 4.18. The number of carbonyl (C=O) groups excluding carboxylic acids is 2. The summed E-state index contributed by atoms with van der Waals surface area (Å²) in [7, 11) is -2.37. The number of carbonyl (C=O) groups is 2. The molecular weight excluding hydrogens is 449 g/mol. The van der Waals surface area contributed by atoms with Gasteiger partial charge in [0.1, 0.15) is 16.5 Å². The van der Waals surface area contributed by atoms with Crippen LogP contribution in [-0.4, -0.2) is 80.7 Å². The number of methoxy groups -OCH3 is 1. The Kier molecular flexibility index (Phi) is 6.66. The lowest BCUT2D eigenvalue weighted by Crippen LogP contribution is -2.50. The molecule has 2 amide bonds. The largest absolute Gasteiger partial charge is 0.495 e. The Morgan fingerprint density at radius 3 is 1.97 bits per heavy atom. The second kappa shape index (κ2) is 9.48. The van der Waals surface area contributed by atoms with E-state index in [0.29, 0.717) is 39.3 Å². The first-order valence-corrected chi connectivity index (χ1v) is 12.3. The number of hydrogen-bond acceptors (Lipinski definition) is 5. The average Bonchev–Trinajstić information content (AvgIpc) is 3.39. The number of rotatable bonds is 5. The Hall–Kier alpha value is -2.98. The van der Waals surface area contributed by atoms with Gasteiger partial charge in [0.05, 0.1) is 7.11 Å². The first-order valence-electron chi connectivity index (χ1n) is 10.8. The van der Waals surface area contributed by atoms with Gasteiger partial charge in [0, 0.05) is 50.4 Å². The van der Waals surface area contributed by atoms with E-state index in [1.807, 2.05) is 0 Å². The Labute approximate surface area is 192 Å². The number of halogens is 1. The van der Waals surface area contributed by atoms with Crippen molar-refractivity contribution in [3.63, 3.8) is 0 Å². The van der Waals surface area contributed by atoms with Crippen molar-refractivity contribution in [1.82, 2.24) is 14.1 Å². The molecule has 2 aromatic carbocycles. The Bertz CT molecular complexity index is 1160. The maximum absolute atomic E-state index is 13.4. The van der Waals surface area contributed by atoms with Crippen LogP contribution in [0, 0.1) is 5.82 Å². The zero-order valence-electron chi connectivity index (χ0n) is 18.4. The normalized spacial score (nSPS) is 17.3. The van der Waals surface area contributed by atoms with Crippen molar-refractivity contribution in [2.45, 2.75) is 17.7 Å². The number of benzene rings is 2. The maximum atomic E-state index is 13.4. The molecule has 2 heterocycles. The second-order valence-corrected chi connectivity index (χ2v) is 9.98. The average molecular weight is 476 g/mol. The van der Waals surface area contributed by atoms with Gasteiger partial charge in [-0.1, -0.05) is 6.07 Å². The van der Waals surface area contributed by atoms with Crippen LogP contribution < -0.4 is 4.74 Å². The van der Waals surface area contributed by atoms with E-state index in [4.69, 9.17) is 4.74 Å². The summed E-state index contributed by atoms with van der Waals surface area (Å²) in [5, 5.41) is 0. The molecule has 10 heteroatoms. The van der Waals surface area contributed by atoms with Crippen LogP contribution in [-0.2, 0) is 10.0 Å². The molecule has 2 fully saturated rings. The van der Waals surface area contributed by atoms with Gasteiger partial charge in [-0.2, -0.15) is 4.31 Å². The smallest absolute Gasteiger partial charge is 0.254 e. The van der Waals surface area contributed by atoms with E-state index in [-0.39, 0.29) is 33.6 Å². The van der Waals surface area contributed by atoms with E-state index in [0.717, 1.165) is 12.8 Å². The van der Waals surface area contributed by atoms with Gasteiger partial charge in [-0.05, 0) is 49.2 Å². The van der Waals surface area contributed by atoms with Crippen LogP contribution in [0.1, 0.15) is 33.6 Å². The molecular formula is C23H26FN3O5S. The van der Waals surface area contributed by atoms with Gasteiger partial charge in [0.25, 0.3) is 11.8 Å². The summed E-state index contributed by atoms with van der Waals surface area (Å²) in [6.45, 7) is 2.09. The molecule has 0 aromatic heterocycles. The molecule has 2 aromatic rings. The van der Waals surface area contributed by atoms with Crippen LogP contribution in [0.2, 0.25) is 0 Å². The molecule has 2 aliphatic heterocycles. The molecule has 4 rings (SSSR count). The van der Waals surface area contributed by atoms with Gasteiger partial charge in [0.15, 0.2) is 0 Å². The SMILES string of the molecule is COc1ccc(C(=O)N2CCN(C(=O)c3cccc(F)c3)CC2)cc1S(=O)(=O)N1CCCC1. The summed E-state index contributed by atoms with van der Waals surface area (Å²) in [5.41, 5.74) is 0.514. The van der Waals surface area contributed by atoms with Crippen molar-refractivity contribution in [3.05, 3.63) is 59.4 Å². The summed E-state index contributed by atoms with van der Waals surface area (Å²) in [6.07, 6.45) is 1.61. The van der Waals surface area contributed by atoms with Crippen LogP contribution >= 0.6 is 0 Å². The molecule has 0 bridgehead atoms. The molecule has 0 unspecified atom stereocenters. The van der Waals surface area contributed by atoms with Gasteiger partial charge in [-0.3, -0.25) is 9.59 Å². The summed E-state index contributed by atoms with van der Waals surface area (Å²) in [5.74, 6) is -0.878. The third kappa shape index (κ3) is 4.72. The van der Waals surface area contributed by atoms with Crippen molar-refractivity contribution in [2.24, 2.45) is 0 Å². The number of nitrogens with zero attached hydrogens (tertiary/aromatic N) is 3. The lowest BCUT2D eigenvalue weighted by molar-refractivity contribution is 0.0535. The highest BCUT2D eigenvalue weighted by Gasteiger charge is 2.32. The fourth-order valence-corrected chi connectivity index (χ4v) is 5.88. The Morgan fingerprint density at radius 1 is 0.848 bits per heavy atom. The predicted octanol–water partition coefficient (Wildman–Crippen LogP) is 2.22. The quantitative estimate of drug-likeness (QED) is 0.662. The molecule has 2 saturated heterocycles. The molecule has 8 nitrogen and oxygen atoms in total. The van der Waals surface area contributed by atoms with Crippen LogP contribution in [0.3, 0.4) is 0 Å². The summed E-state index contributed by atoms with van der Waals surface area (Å²) in [4.78, 5) is 28.9. The lowest BCUT2D eigenvalue weighted by atomic mass is 10.1. The minimum atomic E-state index is -3.77. The number of sulfonamides is 1. The highest BCUT2D eigenvalue weighted by molar-refractivity contribution is 7.89. The zero-order valence-corrected chi connectivity index (χ0v) is 19.2. The van der Waals surface area contributed by atoms with Crippen molar-refractivity contribution in [3.8, 4) is 5.75 Å². The molecule has 0 aliphatic carbocycles. The number of hydrogen-bond donors (Lipinski definition) is 0. The molecule has 0 atom stereocenters. The van der Waals surface area contributed by atoms with Gasteiger partial charge >= 0.3 is 0 Å². The standard InChI is InChI=1S/C23H26FN3O5S/c1-32-20-8-7-18(16-21(20)33(30,31)27-9-2-3-10-27)23(29)26-13-11-25(12-14-26)22(28)17-5-4-6-19(24)15-17/h4-8,15-16H,2-3,9-14H2,1H3. The first kappa shape index (κ1) is 23.2. The number of ether oxygens (including phenoxy) is 1. The third-order valence-electron chi connectivity index (χ3n) is 6.02. The van der Waals surface area contributed by atoms with E-state index in [9.17, 15) is 22.4 Å². The fraction of sp³-hybridized carbons (Fsp3) is 0.391. The van der Waals surface area contributed by atoms with E-state index >= 15 is 0 Å². The Balaban J connectivity index is 1.48. The van der Waals surface area contributed by atoms with Crippen LogP contribution in [0.5, 0.6) is 5.75 Å². The van der Waals surface area contributed by atoms with Crippen molar-refractivity contribution in [2.75, 3.05) is 46.4 Å². The van der Waals surface area contributed by atoms with Crippen LogP contribution in [0.4, 0.5) is 4.39 Å². The van der Waals surface area contributed by atoms with Crippen LogP contribution in [0.25, 0.3) is 0 Å². The Morgan fingerprint density at radius 2 is 1.42 bits per heavy atom. The van der Waals surface area contributed by atoms with Gasteiger partial charge in [-0.15, -0.1) is 0 Å². The molecule has 176 valence electrons. The molecule has 2 aliphatic rings. The van der Waals surface area contributed by atoms with Crippen molar-refractivity contribution >= 4 is 21.8 Å². The second-order valence-electron chi connectivity index (χ2n) is 8.07. The van der Waals surface area contributed by atoms with E-state index in [2.05, 4.69) is 0 Å². The zero-order chi connectivity index (χ0) is 23.6. The van der Waals surface area contributed by atoms with Gasteiger partial charge in [0.2, 0.25) is 10.0 Å². The highest BCUT2D eigenvalue weighted by Crippen LogP contribution is 2.30. The molecule has 0 N–H and O–H groups in total. The first-order chi connectivity index (χ1) is 15.8. The van der Waals surface area contributed by atoms with Gasteiger partial charge < -0.3 is 14.5 Å². The maximum Gasteiger partial charge on any atom is 0.254 e. The minimum absolute atomic E-state index is 0.0160. The van der Waals surface area contributed by atoms with E-state index < -0.39 is 15.8 Å². The van der Waals surface area contributed by atoms with Crippen molar-refractivity contribution < 1.29 is 27.1 Å². The third-order valence-corrected chi connectivity index (χ3v) is 7.94. The van der Waals surface area contributed by atoms with Crippen molar-refractivity contribution in [1.29, 1.82) is 0 Å². The van der Waals surface area contributed by atoms with E-state index in [1.165, 1.54) is 41.7 Å². The van der Waals surface area contributed by atoms with Gasteiger partial charge in [-0.25, -0.2) is 12.8 Å². The predicted molar refractivity (Wildman–Crippen MR) is 119 cm³/mol. The molecule has 0 radical (unpaired) electrons. The van der Waals surface area contributed by atoms with E-state index in [1.54, 1.807) is 21.9 Å². The summed E-state index contributed by atoms with van der Waals surface area (Å²) in [6, 6.07) is 9.94. The highest BCUT2D eigenvalue weighted by atomic mass is 32.2. The monoisotopic (exact) mass is 475 g/mol. The topological polar surface area (TPSA) is 87.2 Å². The van der Waals surface area contributed by atoms with Crippen LogP contribution in [0.15, 0.2) is 47.4 Å². The molecule has 33 heavy (non-hydrogen) atoms. The summed E-state index contributed by atoms with van der Waals surface area (Å²) < 4.78 is 46.3. The minimum Gasteiger partial charge on any atom is -0.495 e. The number of amides is 2. The molecule has 0 saturated carbocycles. The molecule has 0 spiro atoms. The summed E-state index contributed by atoms with van der Waals surface area (Å²) >= 11 is 0.